The van der Waals surface area contributed by atoms with Gasteiger partial charge in [-0.3, -0.25) is 4.79 Å². The lowest BCUT2D eigenvalue weighted by Crippen LogP contribution is -2.22. The Kier molecular flexibility index (Phi) is 7.68. The molecule has 1 heterocycles. The Morgan fingerprint density at radius 1 is 1.22 bits per heavy atom. The lowest BCUT2D eigenvalue weighted by molar-refractivity contribution is -0.118. The molecule has 1 N–H and O–H groups in total. The first kappa shape index (κ1) is 23.1. The van der Waals surface area contributed by atoms with Crippen molar-refractivity contribution in [1.82, 2.24) is 4.37 Å². The first-order valence-corrected chi connectivity index (χ1v) is 11.2. The van der Waals surface area contributed by atoms with Crippen molar-refractivity contribution in [2.45, 2.75) is 34.2 Å². The smallest absolute Gasteiger partial charge is 0.226 e. The summed E-state index contributed by atoms with van der Waals surface area (Å²) in [5, 5.41) is 21.3. The minimum atomic E-state index is -0.177. The Labute approximate surface area is 192 Å². The minimum Gasteiger partial charge on any atom is -0.367 e. The average molecular weight is 447 g/mol. The minimum absolute atomic E-state index is 0.101. The van der Waals surface area contributed by atoms with Crippen LogP contribution < -0.4 is 10.2 Å². The number of nitriles is 1. The molecule has 164 valence electrons. The topological polar surface area (TPSA) is 93.7 Å². The SMILES string of the molecule is CCN(Cc1ccccc1)c1ccc(N=Nc2snc(C)c2C#N)c(NC(=O)C(C)C)c1. The van der Waals surface area contributed by atoms with Gasteiger partial charge >= 0.3 is 0 Å². The largest absolute Gasteiger partial charge is 0.367 e. The Balaban J connectivity index is 1.95. The first-order valence-electron chi connectivity index (χ1n) is 10.4. The number of aromatic nitrogens is 1. The molecule has 0 saturated heterocycles. The summed E-state index contributed by atoms with van der Waals surface area (Å²) >= 11 is 1.13. The Morgan fingerprint density at radius 3 is 2.62 bits per heavy atom. The molecule has 0 spiro atoms. The van der Waals surface area contributed by atoms with Gasteiger partial charge in [0.05, 0.1) is 11.4 Å². The molecule has 32 heavy (non-hydrogen) atoms. The summed E-state index contributed by atoms with van der Waals surface area (Å²) in [5.41, 5.74) is 4.33. The van der Waals surface area contributed by atoms with E-state index < -0.39 is 0 Å². The summed E-state index contributed by atoms with van der Waals surface area (Å²) in [6.07, 6.45) is 0. The fourth-order valence-corrected chi connectivity index (χ4v) is 3.71. The van der Waals surface area contributed by atoms with Crippen LogP contribution in [-0.4, -0.2) is 16.8 Å². The van der Waals surface area contributed by atoms with Crippen LogP contribution in [0.1, 0.15) is 37.6 Å². The van der Waals surface area contributed by atoms with Gasteiger partial charge in [-0.15, -0.1) is 10.2 Å². The fraction of sp³-hybridized carbons (Fsp3) is 0.292. The molecule has 1 aromatic heterocycles. The summed E-state index contributed by atoms with van der Waals surface area (Å²) < 4.78 is 4.17. The standard InChI is InChI=1S/C24H26N6OS/c1-5-30(15-18-9-7-6-8-10-18)19-11-12-21(22(13-19)26-23(31)16(2)3)27-28-24-20(14-25)17(4)29-32-24/h6-13,16H,5,15H2,1-4H3,(H,26,31). The van der Waals surface area contributed by atoms with Gasteiger partial charge in [-0.05, 0) is 49.1 Å². The normalized spacial score (nSPS) is 11.0. The van der Waals surface area contributed by atoms with Crippen molar-refractivity contribution < 1.29 is 4.79 Å². The molecule has 0 fully saturated rings. The summed E-state index contributed by atoms with van der Waals surface area (Å²) in [7, 11) is 0. The van der Waals surface area contributed by atoms with Crippen LogP contribution in [0.25, 0.3) is 0 Å². The van der Waals surface area contributed by atoms with Gasteiger partial charge in [0.15, 0.2) is 5.00 Å². The number of hydrogen-bond donors (Lipinski definition) is 1. The van der Waals surface area contributed by atoms with Crippen LogP contribution in [0.15, 0.2) is 58.8 Å². The number of nitrogens with zero attached hydrogens (tertiary/aromatic N) is 5. The van der Waals surface area contributed by atoms with E-state index in [4.69, 9.17) is 0 Å². The molecule has 8 heteroatoms. The molecule has 3 rings (SSSR count). The van der Waals surface area contributed by atoms with Crippen molar-refractivity contribution in [2.24, 2.45) is 16.1 Å². The van der Waals surface area contributed by atoms with Gasteiger partial charge in [0.2, 0.25) is 5.91 Å². The van der Waals surface area contributed by atoms with Crippen molar-refractivity contribution in [2.75, 3.05) is 16.8 Å². The van der Waals surface area contributed by atoms with Gasteiger partial charge in [-0.1, -0.05) is 44.2 Å². The number of anilines is 2. The Bertz CT molecular complexity index is 1150. The number of hydrogen-bond acceptors (Lipinski definition) is 7. The van der Waals surface area contributed by atoms with Crippen molar-refractivity contribution in [3.63, 3.8) is 0 Å². The molecule has 1 amide bonds. The van der Waals surface area contributed by atoms with E-state index in [2.05, 4.69) is 49.9 Å². The third kappa shape index (κ3) is 5.56. The number of benzene rings is 2. The summed E-state index contributed by atoms with van der Waals surface area (Å²) in [6, 6.07) is 18.1. The molecule has 0 atom stereocenters. The molecular formula is C24H26N6OS. The van der Waals surface area contributed by atoms with Crippen molar-refractivity contribution in [3.8, 4) is 6.07 Å². The summed E-state index contributed by atoms with van der Waals surface area (Å²) in [6.45, 7) is 9.10. The van der Waals surface area contributed by atoms with Gasteiger partial charge in [-0.2, -0.15) is 9.64 Å². The van der Waals surface area contributed by atoms with Gasteiger partial charge in [0.25, 0.3) is 0 Å². The highest BCUT2D eigenvalue weighted by molar-refractivity contribution is 7.10. The van der Waals surface area contributed by atoms with E-state index in [9.17, 15) is 10.1 Å². The van der Waals surface area contributed by atoms with Crippen molar-refractivity contribution >= 4 is 39.5 Å². The zero-order valence-electron chi connectivity index (χ0n) is 18.7. The highest BCUT2D eigenvalue weighted by Crippen LogP contribution is 2.34. The molecular weight excluding hydrogens is 420 g/mol. The second kappa shape index (κ2) is 10.6. The van der Waals surface area contributed by atoms with Gasteiger partial charge in [0.1, 0.15) is 17.3 Å². The lowest BCUT2D eigenvalue weighted by Gasteiger charge is -2.24. The number of carbonyl (C=O) groups is 1. The zero-order valence-corrected chi connectivity index (χ0v) is 19.5. The predicted molar refractivity (Wildman–Crippen MR) is 129 cm³/mol. The van der Waals surface area contributed by atoms with E-state index in [1.165, 1.54) is 5.56 Å². The second-order valence-corrected chi connectivity index (χ2v) is 8.36. The highest BCUT2D eigenvalue weighted by Gasteiger charge is 2.15. The van der Waals surface area contributed by atoms with E-state index in [0.29, 0.717) is 27.6 Å². The number of nitrogens with one attached hydrogen (secondary N) is 1. The Hall–Kier alpha value is -3.57. The monoisotopic (exact) mass is 446 g/mol. The number of rotatable bonds is 8. The van der Waals surface area contributed by atoms with E-state index in [0.717, 1.165) is 30.3 Å². The van der Waals surface area contributed by atoms with E-state index in [1.54, 1.807) is 6.92 Å². The van der Waals surface area contributed by atoms with Crippen molar-refractivity contribution in [3.05, 3.63) is 65.4 Å². The number of azo groups is 1. The molecule has 0 saturated carbocycles. The van der Waals surface area contributed by atoms with Crippen LogP contribution in [0, 0.1) is 24.2 Å². The second-order valence-electron chi connectivity index (χ2n) is 7.61. The van der Waals surface area contributed by atoms with Crippen LogP contribution in [-0.2, 0) is 11.3 Å². The average Bonchev–Trinajstić information content (AvgIpc) is 3.16. The third-order valence-electron chi connectivity index (χ3n) is 4.93. The summed E-state index contributed by atoms with van der Waals surface area (Å²) in [5.74, 6) is -0.277. The lowest BCUT2D eigenvalue weighted by atomic mass is 10.1. The molecule has 2 aromatic carbocycles. The van der Waals surface area contributed by atoms with Crippen LogP contribution >= 0.6 is 11.5 Å². The highest BCUT2D eigenvalue weighted by atomic mass is 32.1. The van der Waals surface area contributed by atoms with Crippen LogP contribution in [0.2, 0.25) is 0 Å². The van der Waals surface area contributed by atoms with E-state index in [1.807, 2.05) is 50.2 Å². The predicted octanol–water partition coefficient (Wildman–Crippen LogP) is 6.36. The van der Waals surface area contributed by atoms with Gasteiger partial charge in [-0.25, -0.2) is 0 Å². The zero-order chi connectivity index (χ0) is 23.1. The molecule has 0 unspecified atom stereocenters. The number of amides is 1. The fourth-order valence-electron chi connectivity index (χ4n) is 3.03. The maximum Gasteiger partial charge on any atom is 0.226 e. The molecule has 0 aliphatic rings. The Morgan fingerprint density at radius 2 is 1.97 bits per heavy atom. The molecule has 0 bridgehead atoms. The van der Waals surface area contributed by atoms with Gasteiger partial charge < -0.3 is 10.2 Å². The van der Waals surface area contributed by atoms with Gasteiger partial charge in [0, 0.05) is 24.7 Å². The molecule has 0 aliphatic heterocycles. The summed E-state index contributed by atoms with van der Waals surface area (Å²) in [4.78, 5) is 14.7. The quantitative estimate of drug-likeness (QED) is 0.407. The molecule has 3 aromatic rings. The number of aryl methyl sites for hydroxylation is 1. The maximum absolute atomic E-state index is 12.4. The third-order valence-corrected chi connectivity index (χ3v) is 5.75. The van der Waals surface area contributed by atoms with Crippen LogP contribution in [0.5, 0.6) is 0 Å². The van der Waals surface area contributed by atoms with E-state index >= 15 is 0 Å². The first-order chi connectivity index (χ1) is 15.4. The maximum atomic E-state index is 12.4. The molecule has 7 nitrogen and oxygen atoms in total. The van der Waals surface area contributed by atoms with E-state index in [-0.39, 0.29) is 11.8 Å². The molecule has 0 aliphatic carbocycles. The van der Waals surface area contributed by atoms with Crippen molar-refractivity contribution in [1.29, 1.82) is 5.26 Å². The molecule has 0 radical (unpaired) electrons. The van der Waals surface area contributed by atoms with Crippen LogP contribution in [0.3, 0.4) is 0 Å². The van der Waals surface area contributed by atoms with Crippen LogP contribution in [0.4, 0.5) is 22.1 Å². The number of carbonyl (C=O) groups excluding carboxylic acids is 1.